The molecule has 0 aromatic carbocycles. The Labute approximate surface area is 69.8 Å². The number of aliphatic carboxylic acids is 1. The highest BCUT2D eigenvalue weighted by molar-refractivity contribution is 7.80. The summed E-state index contributed by atoms with van der Waals surface area (Å²) < 4.78 is 12.7. The van der Waals surface area contributed by atoms with Crippen molar-refractivity contribution >= 4 is 18.6 Å². The van der Waals surface area contributed by atoms with Crippen LogP contribution >= 0.6 is 12.6 Å². The lowest BCUT2D eigenvalue weighted by Crippen LogP contribution is -2.37. The first-order valence-corrected chi connectivity index (χ1v) is 3.63. The Balaban J connectivity index is 4.01. The van der Waals surface area contributed by atoms with Crippen molar-refractivity contribution in [2.24, 2.45) is 0 Å². The Morgan fingerprint density at radius 3 is 2.73 bits per heavy atom. The first-order chi connectivity index (χ1) is 5.13. The van der Waals surface area contributed by atoms with Crippen LogP contribution in [0.15, 0.2) is 12.7 Å². The van der Waals surface area contributed by atoms with Crippen molar-refractivity contribution in [3.8, 4) is 0 Å². The molecule has 0 spiro atoms. The second-order valence-corrected chi connectivity index (χ2v) is 2.27. The van der Waals surface area contributed by atoms with E-state index in [0.717, 1.165) is 0 Å². The van der Waals surface area contributed by atoms with Crippen LogP contribution in [0, 0.1) is 0 Å². The quantitative estimate of drug-likeness (QED) is 0.371. The molecule has 0 saturated carbocycles. The highest BCUT2D eigenvalue weighted by Crippen LogP contribution is 2.02. The maximum absolute atomic E-state index is 12.7. The fourth-order valence-electron chi connectivity index (χ4n) is 0.537. The van der Waals surface area contributed by atoms with Crippen LogP contribution in [0.1, 0.15) is 0 Å². The second kappa shape index (κ2) is 5.15. The lowest BCUT2D eigenvalue weighted by Gasteiger charge is -2.15. The maximum Gasteiger partial charge on any atom is 0.324 e. The molecule has 0 aromatic rings. The van der Waals surface area contributed by atoms with Crippen molar-refractivity contribution in [2.45, 2.75) is 6.04 Å². The number of halogens is 1. The standard InChI is InChI=1S/C6H10FNO2S/c1-2-3-8(7)5(4-11)6(9)10/h2,5,11H,1,3-4H2,(H,9,10). The summed E-state index contributed by atoms with van der Waals surface area (Å²) in [5.41, 5.74) is 0. The second-order valence-electron chi connectivity index (χ2n) is 1.91. The number of hydrogen-bond donors (Lipinski definition) is 2. The zero-order valence-electron chi connectivity index (χ0n) is 5.90. The van der Waals surface area contributed by atoms with Gasteiger partial charge in [-0.05, 0) is 0 Å². The molecule has 0 rings (SSSR count). The van der Waals surface area contributed by atoms with Gasteiger partial charge < -0.3 is 5.11 Å². The molecule has 1 atom stereocenters. The van der Waals surface area contributed by atoms with Gasteiger partial charge in [0.25, 0.3) is 0 Å². The molecule has 0 saturated heterocycles. The first kappa shape index (κ1) is 10.4. The van der Waals surface area contributed by atoms with Gasteiger partial charge in [-0.2, -0.15) is 12.6 Å². The van der Waals surface area contributed by atoms with Gasteiger partial charge in [0.15, 0.2) is 0 Å². The fourth-order valence-corrected chi connectivity index (χ4v) is 0.870. The smallest absolute Gasteiger partial charge is 0.324 e. The third-order valence-corrected chi connectivity index (χ3v) is 1.45. The third-order valence-electron chi connectivity index (χ3n) is 1.10. The predicted octanol–water partition coefficient (Wildman–Crippen LogP) is 0.742. The Morgan fingerprint density at radius 2 is 2.45 bits per heavy atom. The van der Waals surface area contributed by atoms with Crippen LogP contribution in [-0.2, 0) is 4.79 Å². The molecule has 1 N–H and O–H groups in total. The number of thiol groups is 1. The van der Waals surface area contributed by atoms with E-state index in [9.17, 15) is 9.28 Å². The van der Waals surface area contributed by atoms with Gasteiger partial charge in [-0.25, -0.2) is 0 Å². The molecular weight excluding hydrogens is 169 g/mol. The van der Waals surface area contributed by atoms with Gasteiger partial charge >= 0.3 is 5.97 Å². The van der Waals surface area contributed by atoms with Crippen LogP contribution in [0.2, 0.25) is 0 Å². The monoisotopic (exact) mass is 179 g/mol. The van der Waals surface area contributed by atoms with Gasteiger partial charge in [-0.1, -0.05) is 6.08 Å². The molecule has 0 amide bonds. The number of carboxylic acid groups (broad SMARTS) is 1. The molecule has 0 aliphatic rings. The van der Waals surface area contributed by atoms with E-state index in [1.807, 2.05) is 0 Å². The molecule has 0 radical (unpaired) electrons. The van der Waals surface area contributed by atoms with Gasteiger partial charge in [0.2, 0.25) is 0 Å². The van der Waals surface area contributed by atoms with E-state index in [1.165, 1.54) is 6.08 Å². The molecule has 0 bridgehead atoms. The fraction of sp³-hybridized carbons (Fsp3) is 0.500. The zero-order chi connectivity index (χ0) is 8.85. The number of hydrogen-bond acceptors (Lipinski definition) is 3. The average Bonchev–Trinajstić information content (AvgIpc) is 1.88. The highest BCUT2D eigenvalue weighted by Gasteiger charge is 2.22. The van der Waals surface area contributed by atoms with E-state index < -0.39 is 12.0 Å². The summed E-state index contributed by atoms with van der Waals surface area (Å²) in [7, 11) is 0. The van der Waals surface area contributed by atoms with Gasteiger partial charge in [0.05, 0.1) is 0 Å². The molecular formula is C6H10FNO2S. The van der Waals surface area contributed by atoms with E-state index in [-0.39, 0.29) is 17.4 Å². The maximum atomic E-state index is 12.7. The minimum absolute atomic E-state index is 0.0559. The van der Waals surface area contributed by atoms with E-state index in [1.54, 1.807) is 0 Å². The molecule has 3 nitrogen and oxygen atoms in total. The van der Waals surface area contributed by atoms with Crippen molar-refractivity contribution in [2.75, 3.05) is 12.3 Å². The van der Waals surface area contributed by atoms with Crippen molar-refractivity contribution in [1.29, 1.82) is 0 Å². The first-order valence-electron chi connectivity index (χ1n) is 3.00. The van der Waals surface area contributed by atoms with Crippen LogP contribution < -0.4 is 0 Å². The lowest BCUT2D eigenvalue weighted by molar-refractivity contribution is -0.148. The molecule has 0 fully saturated rings. The average molecular weight is 179 g/mol. The number of carboxylic acids is 1. The normalized spacial score (nSPS) is 13.0. The van der Waals surface area contributed by atoms with E-state index in [2.05, 4.69) is 19.2 Å². The zero-order valence-corrected chi connectivity index (χ0v) is 6.80. The van der Waals surface area contributed by atoms with Crippen molar-refractivity contribution in [1.82, 2.24) is 5.12 Å². The topological polar surface area (TPSA) is 40.5 Å². The van der Waals surface area contributed by atoms with Gasteiger partial charge in [-0.3, -0.25) is 4.79 Å². The molecule has 0 aliphatic carbocycles. The van der Waals surface area contributed by atoms with E-state index in [0.29, 0.717) is 0 Å². The van der Waals surface area contributed by atoms with Gasteiger partial charge in [0.1, 0.15) is 6.04 Å². The molecule has 1 unspecified atom stereocenters. The van der Waals surface area contributed by atoms with Gasteiger partial charge in [0, 0.05) is 12.3 Å². The summed E-state index contributed by atoms with van der Waals surface area (Å²) in [4.78, 5) is 10.3. The Hall–Kier alpha value is -0.550. The Morgan fingerprint density at radius 1 is 1.91 bits per heavy atom. The molecule has 0 aliphatic heterocycles. The van der Waals surface area contributed by atoms with Crippen LogP contribution in [0.5, 0.6) is 0 Å². The van der Waals surface area contributed by atoms with Crippen molar-refractivity contribution < 1.29 is 14.4 Å². The lowest BCUT2D eigenvalue weighted by atomic mass is 10.3. The molecule has 0 aromatic heterocycles. The largest absolute Gasteiger partial charge is 0.480 e. The summed E-state index contributed by atoms with van der Waals surface area (Å²) in [6, 6.07) is -1.18. The molecule has 5 heteroatoms. The summed E-state index contributed by atoms with van der Waals surface area (Å²) in [6.45, 7) is 3.18. The number of rotatable bonds is 5. The summed E-state index contributed by atoms with van der Waals surface area (Å²) >= 11 is 3.69. The molecule has 11 heavy (non-hydrogen) atoms. The number of nitrogens with zero attached hydrogens (tertiary/aromatic N) is 1. The molecule has 0 heterocycles. The van der Waals surface area contributed by atoms with Crippen molar-refractivity contribution in [3.63, 3.8) is 0 Å². The summed E-state index contributed by atoms with van der Waals surface area (Å²) in [5, 5.41) is 8.59. The van der Waals surface area contributed by atoms with Crippen LogP contribution in [0.25, 0.3) is 0 Å². The Kier molecular flexibility index (Phi) is 4.89. The Bertz CT molecular complexity index is 154. The minimum atomic E-state index is -1.22. The van der Waals surface area contributed by atoms with Crippen LogP contribution in [0.3, 0.4) is 0 Å². The van der Waals surface area contributed by atoms with Crippen molar-refractivity contribution in [3.05, 3.63) is 12.7 Å². The predicted molar refractivity (Wildman–Crippen MR) is 43.3 cm³/mol. The number of carbonyl (C=O) groups is 1. The van der Waals surface area contributed by atoms with Crippen LogP contribution in [0.4, 0.5) is 4.48 Å². The van der Waals surface area contributed by atoms with Crippen LogP contribution in [-0.4, -0.2) is 34.5 Å². The summed E-state index contributed by atoms with van der Waals surface area (Å²) in [6.07, 6.45) is 1.29. The van der Waals surface area contributed by atoms with E-state index in [4.69, 9.17) is 5.11 Å². The SMILES string of the molecule is C=CCN(F)C(CS)C(=O)O. The molecule has 64 valence electrons. The van der Waals surface area contributed by atoms with Gasteiger partial charge in [-0.15, -0.1) is 16.2 Å². The highest BCUT2D eigenvalue weighted by atomic mass is 32.1. The van der Waals surface area contributed by atoms with E-state index >= 15 is 0 Å². The minimum Gasteiger partial charge on any atom is -0.480 e. The third kappa shape index (κ3) is 3.38. The summed E-state index contributed by atoms with van der Waals surface area (Å²) in [5.74, 6) is -1.27.